The van der Waals surface area contributed by atoms with Crippen molar-refractivity contribution in [3.63, 3.8) is 0 Å². The molecular weight excluding hydrogens is 659 g/mol. The topological polar surface area (TPSA) is 31.2 Å². The normalized spacial score (nSPS) is 15.5. The summed E-state index contributed by atoms with van der Waals surface area (Å²) < 4.78 is 14.5. The molecule has 5 aromatic carbocycles. The van der Waals surface area contributed by atoms with Crippen LogP contribution < -0.4 is 10.6 Å². The first-order valence-electron chi connectivity index (χ1n) is 18.5. The maximum atomic E-state index is 6.14. The molecule has 1 aliphatic rings. The summed E-state index contributed by atoms with van der Waals surface area (Å²) in [5, 5.41) is 6.67. The fourth-order valence-electron chi connectivity index (χ4n) is 8.44. The highest BCUT2D eigenvalue weighted by Gasteiger charge is 2.37. The summed E-state index contributed by atoms with van der Waals surface area (Å²) in [7, 11) is 0. The Kier molecular flexibility index (Phi) is 7.90. The average Bonchev–Trinajstić information content (AvgIpc) is 3.90. The zero-order valence-electron chi connectivity index (χ0n) is 30.9. The molecule has 0 radical (unpaired) electrons. The molecule has 3 aromatic heterocycles. The molecule has 3 heterocycles. The van der Waals surface area contributed by atoms with E-state index < -0.39 is 0 Å². The van der Waals surface area contributed by atoms with E-state index in [4.69, 9.17) is 15.4 Å². The van der Waals surface area contributed by atoms with E-state index in [2.05, 4.69) is 154 Å². The van der Waals surface area contributed by atoms with Crippen molar-refractivity contribution >= 4 is 85.5 Å². The van der Waals surface area contributed by atoms with Gasteiger partial charge in [0.05, 0.1) is 5.69 Å². The van der Waals surface area contributed by atoms with Crippen molar-refractivity contribution < 1.29 is 8.83 Å². The van der Waals surface area contributed by atoms with Crippen LogP contribution in [0.3, 0.4) is 0 Å². The smallest absolute Gasteiger partial charge is 0.135 e. The minimum Gasteiger partial charge on any atom is -0.456 e. The average molecular weight is 700 g/mol. The van der Waals surface area contributed by atoms with Gasteiger partial charge in [0.25, 0.3) is 0 Å². The molecule has 0 unspecified atom stereocenters. The van der Waals surface area contributed by atoms with Gasteiger partial charge in [-0.1, -0.05) is 131 Å². The predicted octanol–water partition coefficient (Wildman–Crippen LogP) is 12.3. The van der Waals surface area contributed by atoms with Crippen molar-refractivity contribution in [2.45, 2.75) is 32.6 Å². The van der Waals surface area contributed by atoms with Gasteiger partial charge in [0.2, 0.25) is 0 Å². The number of allylic oxidation sites excluding steroid dienone is 4. The molecule has 0 saturated heterocycles. The van der Waals surface area contributed by atoms with Crippen LogP contribution in [-0.2, 0) is 11.8 Å². The number of furan rings is 2. The third-order valence-corrected chi connectivity index (χ3v) is 11.1. The van der Waals surface area contributed by atoms with Crippen LogP contribution in [0.1, 0.15) is 54.3 Å². The molecule has 8 aromatic rings. The maximum Gasteiger partial charge on any atom is 0.135 e. The highest BCUT2D eigenvalue weighted by Crippen LogP contribution is 2.49. The molecule has 3 nitrogen and oxygen atoms in total. The van der Waals surface area contributed by atoms with Crippen molar-refractivity contribution in [3.8, 4) is 0 Å². The third-order valence-electron chi connectivity index (χ3n) is 11.1. The monoisotopic (exact) mass is 699 g/mol. The Bertz CT molecular complexity index is 3060. The van der Waals surface area contributed by atoms with E-state index in [1.54, 1.807) is 0 Å². The van der Waals surface area contributed by atoms with Crippen molar-refractivity contribution in [1.82, 2.24) is 4.57 Å². The largest absolute Gasteiger partial charge is 0.456 e. The maximum absolute atomic E-state index is 6.14. The quantitative estimate of drug-likeness (QED) is 0.166. The van der Waals surface area contributed by atoms with Gasteiger partial charge in [-0.2, -0.15) is 0 Å². The van der Waals surface area contributed by atoms with E-state index in [1.807, 2.05) is 30.3 Å². The first-order valence-corrected chi connectivity index (χ1v) is 18.5. The molecule has 262 valence electrons. The van der Waals surface area contributed by atoms with E-state index in [-0.39, 0.29) is 5.41 Å². The van der Waals surface area contributed by atoms with Crippen LogP contribution in [0, 0.1) is 0 Å². The van der Waals surface area contributed by atoms with Gasteiger partial charge in [0.15, 0.2) is 0 Å². The standard InChI is InChI=1S/C51H41NO2/c1-7-45-37(25-21-34-23-27-49-41(30-34)39-16-10-13-19-47(39)53-49)38(26-22-35-24-28-50-42(31-35)40-17-11-14-20-48(40)54-50)46(8-2)52(45)32(3)29-44-33(4)36-15-9-12-18-43(36)51(44,5)6/h7-21,23-31H,1,3-4,22H2,2,5-6H3. The summed E-state index contributed by atoms with van der Waals surface area (Å²) in [6.07, 6.45) is 13.8. The van der Waals surface area contributed by atoms with Gasteiger partial charge in [0, 0.05) is 48.8 Å². The molecule has 0 amide bonds. The van der Waals surface area contributed by atoms with Crippen LogP contribution in [0.4, 0.5) is 0 Å². The lowest BCUT2D eigenvalue weighted by Crippen LogP contribution is -2.29. The van der Waals surface area contributed by atoms with Crippen LogP contribution in [0.15, 0.2) is 149 Å². The van der Waals surface area contributed by atoms with Crippen molar-refractivity contribution in [3.05, 3.63) is 185 Å². The number of para-hydroxylation sites is 2. The Morgan fingerprint density at radius 1 is 0.741 bits per heavy atom. The van der Waals surface area contributed by atoms with Crippen LogP contribution >= 0.6 is 0 Å². The van der Waals surface area contributed by atoms with Gasteiger partial charge < -0.3 is 13.4 Å². The number of hydrogen-bond acceptors (Lipinski definition) is 2. The lowest BCUT2D eigenvalue weighted by Gasteiger charge is -2.22. The molecule has 0 saturated carbocycles. The molecule has 0 bridgehead atoms. The molecule has 0 atom stereocenters. The number of fused-ring (bicyclic) bond motifs is 7. The number of benzene rings is 5. The van der Waals surface area contributed by atoms with E-state index >= 15 is 0 Å². The molecule has 0 fully saturated rings. The fraction of sp³-hybridized carbons (Fsp3) is 0.0980. The molecule has 1 aliphatic carbocycles. The van der Waals surface area contributed by atoms with Gasteiger partial charge >= 0.3 is 0 Å². The summed E-state index contributed by atoms with van der Waals surface area (Å²) in [6, 6.07) is 37.9. The van der Waals surface area contributed by atoms with Crippen molar-refractivity contribution in [2.24, 2.45) is 0 Å². The predicted molar refractivity (Wildman–Crippen MR) is 230 cm³/mol. The molecule has 9 rings (SSSR count). The van der Waals surface area contributed by atoms with E-state index in [1.165, 1.54) is 22.3 Å². The number of hydrogen-bond donors (Lipinski definition) is 0. The second kappa shape index (κ2) is 12.8. The zero-order valence-corrected chi connectivity index (χ0v) is 30.9. The van der Waals surface area contributed by atoms with Gasteiger partial charge in [-0.25, -0.2) is 0 Å². The van der Waals surface area contributed by atoms with Crippen LogP contribution in [0.5, 0.6) is 0 Å². The molecule has 3 heteroatoms. The van der Waals surface area contributed by atoms with Gasteiger partial charge in [-0.3, -0.25) is 0 Å². The summed E-state index contributed by atoms with van der Waals surface area (Å²) in [5.74, 6) is 0. The minimum atomic E-state index is -0.211. The summed E-state index contributed by atoms with van der Waals surface area (Å²) in [6.45, 7) is 20.2. The molecule has 0 spiro atoms. The molecular formula is C51H41NO2. The van der Waals surface area contributed by atoms with E-state index in [0.717, 1.165) is 89.0 Å². The van der Waals surface area contributed by atoms with Gasteiger partial charge in [-0.05, 0) is 95.3 Å². The second-order valence-corrected chi connectivity index (χ2v) is 14.6. The highest BCUT2D eigenvalue weighted by atomic mass is 16.3. The van der Waals surface area contributed by atoms with Crippen LogP contribution in [0.2, 0.25) is 0 Å². The Balaban J connectivity index is 1.20. The van der Waals surface area contributed by atoms with Crippen molar-refractivity contribution in [1.29, 1.82) is 0 Å². The second-order valence-electron chi connectivity index (χ2n) is 14.6. The number of rotatable bonds is 7. The Labute approximate surface area is 315 Å². The lowest BCUT2D eigenvalue weighted by atomic mass is 9.82. The van der Waals surface area contributed by atoms with Crippen LogP contribution in [0.25, 0.3) is 85.5 Å². The van der Waals surface area contributed by atoms with E-state index in [9.17, 15) is 0 Å². The number of nitrogens with zero attached hydrogens (tertiary/aromatic N) is 1. The third kappa shape index (κ3) is 5.27. The Morgan fingerprint density at radius 3 is 2.06 bits per heavy atom. The SMILES string of the molecule is C=Cc1c(C=Cc2ccc3oc4ccccc4c3c2)c(=CCc2ccc3oc4ccccc4c3c2)c(=CC)n1C(=C)C=C1C(=C)c2ccccc2C1(C)C. The van der Waals surface area contributed by atoms with Gasteiger partial charge in [0.1, 0.15) is 22.3 Å². The van der Waals surface area contributed by atoms with E-state index in [0.29, 0.717) is 0 Å². The minimum absolute atomic E-state index is 0.211. The molecule has 54 heavy (non-hydrogen) atoms. The Morgan fingerprint density at radius 2 is 1.37 bits per heavy atom. The summed E-state index contributed by atoms with van der Waals surface area (Å²) >= 11 is 0. The lowest BCUT2D eigenvalue weighted by molar-refractivity contribution is 0.660. The summed E-state index contributed by atoms with van der Waals surface area (Å²) in [5.41, 5.74) is 13.3. The first kappa shape index (κ1) is 33.3. The van der Waals surface area contributed by atoms with Crippen LogP contribution in [-0.4, -0.2) is 4.57 Å². The van der Waals surface area contributed by atoms with Crippen molar-refractivity contribution in [2.75, 3.05) is 0 Å². The fourth-order valence-corrected chi connectivity index (χ4v) is 8.44. The number of aromatic nitrogens is 1. The molecule has 0 aliphatic heterocycles. The first-order chi connectivity index (χ1) is 26.3. The molecule has 0 N–H and O–H groups in total. The highest BCUT2D eigenvalue weighted by molar-refractivity contribution is 6.06. The van der Waals surface area contributed by atoms with Gasteiger partial charge in [-0.15, -0.1) is 0 Å². The Hall–Kier alpha value is -6.58. The summed E-state index contributed by atoms with van der Waals surface area (Å²) in [4.78, 5) is 0. The zero-order chi connectivity index (χ0) is 37.1.